The van der Waals surface area contributed by atoms with Crippen molar-refractivity contribution in [2.75, 3.05) is 14.2 Å². The van der Waals surface area contributed by atoms with E-state index in [0.717, 1.165) is 28.5 Å². The minimum Gasteiger partial charge on any atom is -0.497 e. The first-order valence-electron chi connectivity index (χ1n) is 9.11. The summed E-state index contributed by atoms with van der Waals surface area (Å²) in [6, 6.07) is 18.9. The van der Waals surface area contributed by atoms with E-state index < -0.39 is 0 Å². The largest absolute Gasteiger partial charge is 0.497 e. The van der Waals surface area contributed by atoms with E-state index in [1.165, 1.54) is 0 Å². The van der Waals surface area contributed by atoms with Crippen molar-refractivity contribution in [2.45, 2.75) is 12.6 Å². The Labute approximate surface area is 168 Å². The van der Waals surface area contributed by atoms with Crippen molar-refractivity contribution < 1.29 is 13.9 Å². The number of ether oxygens (including phenoxy) is 2. The highest BCUT2D eigenvalue weighted by Crippen LogP contribution is 2.25. The van der Waals surface area contributed by atoms with Crippen molar-refractivity contribution in [3.8, 4) is 17.2 Å². The quantitative estimate of drug-likeness (QED) is 0.494. The molecular weight excluding hydrogens is 370 g/mol. The van der Waals surface area contributed by atoms with Crippen LogP contribution in [0.3, 0.4) is 0 Å². The zero-order chi connectivity index (χ0) is 20.1. The van der Waals surface area contributed by atoms with E-state index in [1.54, 1.807) is 25.2 Å². The zero-order valence-corrected chi connectivity index (χ0v) is 16.1. The Kier molecular flexibility index (Phi) is 5.53. The second-order valence-electron chi connectivity index (χ2n) is 6.31. The summed E-state index contributed by atoms with van der Waals surface area (Å²) in [6.07, 6.45) is 1.65. The van der Waals surface area contributed by atoms with Crippen LogP contribution in [0.1, 0.15) is 23.2 Å². The molecule has 1 N–H and O–H groups in total. The minimum absolute atomic E-state index is 0.261. The number of methoxy groups -OCH3 is 2. The average molecular weight is 391 g/mol. The van der Waals surface area contributed by atoms with Crippen LogP contribution in [-0.4, -0.2) is 34.4 Å². The van der Waals surface area contributed by atoms with E-state index in [4.69, 9.17) is 13.9 Å². The topological polar surface area (TPSA) is 87.2 Å². The number of tetrazole rings is 1. The monoisotopic (exact) mass is 391 g/mol. The minimum atomic E-state index is -0.261. The highest BCUT2D eigenvalue weighted by molar-refractivity contribution is 5.39. The molecule has 0 saturated carbocycles. The Bertz CT molecular complexity index is 1030. The Hall–Kier alpha value is -3.65. The summed E-state index contributed by atoms with van der Waals surface area (Å²) < 4.78 is 17.7. The summed E-state index contributed by atoms with van der Waals surface area (Å²) in [4.78, 5) is 0. The van der Waals surface area contributed by atoms with Crippen molar-refractivity contribution in [2.24, 2.45) is 0 Å². The molecule has 1 atom stereocenters. The van der Waals surface area contributed by atoms with Crippen LogP contribution < -0.4 is 14.8 Å². The second-order valence-corrected chi connectivity index (χ2v) is 6.31. The molecule has 4 aromatic rings. The lowest BCUT2D eigenvalue weighted by molar-refractivity contribution is 0.414. The van der Waals surface area contributed by atoms with Crippen LogP contribution in [0.4, 0.5) is 0 Å². The normalized spacial score (nSPS) is 11.9. The van der Waals surface area contributed by atoms with Gasteiger partial charge in [0.1, 0.15) is 17.3 Å². The lowest BCUT2D eigenvalue weighted by Gasteiger charge is -2.18. The van der Waals surface area contributed by atoms with Crippen LogP contribution >= 0.6 is 0 Å². The maximum Gasteiger partial charge on any atom is 0.178 e. The lowest BCUT2D eigenvalue weighted by Crippen LogP contribution is -2.25. The third-order valence-electron chi connectivity index (χ3n) is 4.58. The fourth-order valence-electron chi connectivity index (χ4n) is 3.05. The third-order valence-corrected chi connectivity index (χ3v) is 4.58. The number of nitrogens with one attached hydrogen (secondary N) is 1. The van der Waals surface area contributed by atoms with Gasteiger partial charge in [0, 0.05) is 0 Å². The molecule has 8 nitrogen and oxygen atoms in total. The van der Waals surface area contributed by atoms with Gasteiger partial charge in [-0.3, -0.25) is 5.32 Å². The number of furan rings is 1. The molecule has 148 valence electrons. The van der Waals surface area contributed by atoms with Crippen molar-refractivity contribution in [1.29, 1.82) is 0 Å². The van der Waals surface area contributed by atoms with E-state index >= 15 is 0 Å². The van der Waals surface area contributed by atoms with E-state index in [1.807, 2.05) is 60.7 Å². The molecule has 2 aromatic heterocycles. The van der Waals surface area contributed by atoms with Crippen molar-refractivity contribution in [3.05, 3.63) is 84.1 Å². The highest BCUT2D eigenvalue weighted by Gasteiger charge is 2.22. The summed E-state index contributed by atoms with van der Waals surface area (Å²) in [7, 11) is 3.28. The lowest BCUT2D eigenvalue weighted by atomic mass is 10.1. The predicted molar refractivity (Wildman–Crippen MR) is 106 cm³/mol. The Morgan fingerprint density at radius 3 is 2.28 bits per heavy atom. The van der Waals surface area contributed by atoms with Crippen LogP contribution in [0.5, 0.6) is 11.5 Å². The molecule has 0 spiro atoms. The molecule has 0 amide bonds. The number of aromatic nitrogens is 4. The molecule has 0 aliphatic carbocycles. The van der Waals surface area contributed by atoms with Crippen LogP contribution in [0.25, 0.3) is 5.69 Å². The maximum atomic E-state index is 5.46. The number of benzene rings is 2. The van der Waals surface area contributed by atoms with Gasteiger partial charge in [-0.2, -0.15) is 4.68 Å². The molecule has 29 heavy (non-hydrogen) atoms. The first-order valence-corrected chi connectivity index (χ1v) is 9.11. The van der Waals surface area contributed by atoms with Crippen LogP contribution in [0, 0.1) is 0 Å². The SMILES string of the molecule is COc1ccc([C@@H](NCc2ccco2)c2nnnn2-c2ccc(OC)cc2)cc1. The Morgan fingerprint density at radius 1 is 0.966 bits per heavy atom. The summed E-state index contributed by atoms with van der Waals surface area (Å²) in [5.41, 5.74) is 1.84. The van der Waals surface area contributed by atoms with Crippen LogP contribution in [-0.2, 0) is 6.54 Å². The van der Waals surface area contributed by atoms with Crippen molar-refractivity contribution in [3.63, 3.8) is 0 Å². The molecule has 0 radical (unpaired) electrons. The molecule has 0 saturated heterocycles. The zero-order valence-electron chi connectivity index (χ0n) is 16.1. The maximum absolute atomic E-state index is 5.46. The van der Waals surface area contributed by atoms with Gasteiger partial charge >= 0.3 is 0 Å². The smallest absolute Gasteiger partial charge is 0.178 e. The molecule has 2 heterocycles. The fourth-order valence-corrected chi connectivity index (χ4v) is 3.05. The Morgan fingerprint density at radius 2 is 1.66 bits per heavy atom. The number of nitrogens with zero attached hydrogens (tertiary/aromatic N) is 4. The molecule has 2 aromatic carbocycles. The van der Waals surface area contributed by atoms with E-state index in [0.29, 0.717) is 12.4 Å². The van der Waals surface area contributed by atoms with Gasteiger partial charge in [0.25, 0.3) is 0 Å². The fraction of sp³-hybridized carbons (Fsp3) is 0.190. The predicted octanol–water partition coefficient (Wildman–Crippen LogP) is 3.15. The van der Waals surface area contributed by atoms with E-state index in [9.17, 15) is 0 Å². The van der Waals surface area contributed by atoms with Gasteiger partial charge < -0.3 is 13.9 Å². The number of rotatable bonds is 8. The summed E-state index contributed by atoms with van der Waals surface area (Å²) in [5, 5.41) is 15.9. The summed E-state index contributed by atoms with van der Waals surface area (Å²) in [6.45, 7) is 0.527. The van der Waals surface area contributed by atoms with Crippen molar-refractivity contribution in [1.82, 2.24) is 25.5 Å². The van der Waals surface area contributed by atoms with E-state index in [2.05, 4.69) is 20.8 Å². The van der Waals surface area contributed by atoms with E-state index in [-0.39, 0.29) is 6.04 Å². The van der Waals surface area contributed by atoms with Crippen molar-refractivity contribution >= 4 is 0 Å². The molecular formula is C21H21N5O3. The molecule has 8 heteroatoms. The third kappa shape index (κ3) is 4.12. The second kappa shape index (κ2) is 8.57. The number of hydrogen-bond donors (Lipinski definition) is 1. The first-order chi connectivity index (χ1) is 14.3. The Balaban J connectivity index is 1.69. The highest BCUT2D eigenvalue weighted by atomic mass is 16.5. The van der Waals surface area contributed by atoms with Crippen LogP contribution in [0.2, 0.25) is 0 Å². The van der Waals surface area contributed by atoms with Gasteiger partial charge in [0.2, 0.25) is 0 Å². The van der Waals surface area contributed by atoms with Gasteiger partial charge in [-0.15, -0.1) is 5.10 Å². The number of hydrogen-bond acceptors (Lipinski definition) is 7. The average Bonchev–Trinajstić information content (AvgIpc) is 3.47. The molecule has 0 fully saturated rings. The first kappa shape index (κ1) is 18.7. The molecule has 0 unspecified atom stereocenters. The van der Waals surface area contributed by atoms with Gasteiger partial charge in [-0.25, -0.2) is 0 Å². The molecule has 0 aliphatic rings. The summed E-state index contributed by atoms with van der Waals surface area (Å²) >= 11 is 0. The van der Waals surface area contributed by atoms with Gasteiger partial charge in [-0.05, 0) is 64.5 Å². The molecule has 0 aliphatic heterocycles. The molecule has 4 rings (SSSR count). The van der Waals surface area contributed by atoms with Gasteiger partial charge in [0.15, 0.2) is 5.82 Å². The summed E-state index contributed by atoms with van der Waals surface area (Å²) in [5.74, 6) is 3.04. The van der Waals surface area contributed by atoms with Gasteiger partial charge in [-0.1, -0.05) is 12.1 Å². The standard InChI is InChI=1S/C21H21N5O3/c1-27-17-9-5-15(6-10-17)20(22-14-19-4-3-13-29-19)21-23-24-25-26(21)16-7-11-18(28-2)12-8-16/h3-13,20,22H,14H2,1-2H3/t20-/m1/s1. The molecule has 0 bridgehead atoms. The van der Waals surface area contributed by atoms with Crippen LogP contribution in [0.15, 0.2) is 71.3 Å². The van der Waals surface area contributed by atoms with Gasteiger partial charge in [0.05, 0.1) is 38.8 Å².